The highest BCUT2D eigenvalue weighted by molar-refractivity contribution is 5.85. The molecule has 0 radical (unpaired) electrons. The van der Waals surface area contributed by atoms with Crippen molar-refractivity contribution in [3.63, 3.8) is 0 Å². The van der Waals surface area contributed by atoms with Crippen LogP contribution in [0.25, 0.3) is 0 Å². The summed E-state index contributed by atoms with van der Waals surface area (Å²) < 4.78 is 17.6. The van der Waals surface area contributed by atoms with Crippen molar-refractivity contribution < 1.29 is 19.0 Å². The van der Waals surface area contributed by atoms with E-state index >= 15 is 0 Å². The van der Waals surface area contributed by atoms with Crippen LogP contribution in [-0.4, -0.2) is 44.1 Å². The fourth-order valence-corrected chi connectivity index (χ4v) is 2.57. The molecule has 1 aromatic carbocycles. The van der Waals surface area contributed by atoms with Crippen LogP contribution < -0.4 is 24.8 Å². The largest absolute Gasteiger partial charge is 0.493 e. The van der Waals surface area contributed by atoms with Crippen LogP contribution in [-0.2, 0) is 18.4 Å². The number of rotatable bonds is 8. The summed E-state index contributed by atoms with van der Waals surface area (Å²) in [5.41, 5.74) is 1.64. The van der Waals surface area contributed by atoms with Gasteiger partial charge in [-0.15, -0.1) is 12.4 Å². The van der Waals surface area contributed by atoms with Gasteiger partial charge in [-0.3, -0.25) is 9.48 Å². The Morgan fingerprint density at radius 2 is 1.81 bits per heavy atom. The first-order valence-electron chi connectivity index (χ1n) is 7.76. The lowest BCUT2D eigenvalue weighted by atomic mass is 10.1. The van der Waals surface area contributed by atoms with Gasteiger partial charge in [-0.1, -0.05) is 0 Å². The van der Waals surface area contributed by atoms with Crippen molar-refractivity contribution in [1.82, 2.24) is 20.4 Å². The number of benzene rings is 1. The molecule has 0 aliphatic heterocycles. The minimum Gasteiger partial charge on any atom is -0.493 e. The Hall–Kier alpha value is -2.45. The molecule has 2 rings (SSSR count). The molecule has 0 saturated heterocycles. The van der Waals surface area contributed by atoms with E-state index in [1.165, 1.54) is 0 Å². The number of carbonyl (C=O) groups excluding carboxylic acids is 1. The SMILES string of the molecule is CNC(C(=O)NCc1cc(OC)c(OC)c(OC)c1)c1cnn(C)c1.Cl. The number of aryl methyl sites for hydroxylation is 1. The molecular formula is C17H25ClN4O4. The van der Waals surface area contributed by atoms with Gasteiger partial charge in [0.05, 0.1) is 27.5 Å². The fourth-order valence-electron chi connectivity index (χ4n) is 2.57. The minimum absolute atomic E-state index is 0. The van der Waals surface area contributed by atoms with E-state index in [0.717, 1.165) is 11.1 Å². The molecule has 2 N–H and O–H groups in total. The van der Waals surface area contributed by atoms with E-state index in [9.17, 15) is 4.79 Å². The lowest BCUT2D eigenvalue weighted by Gasteiger charge is -2.16. The van der Waals surface area contributed by atoms with Gasteiger partial charge in [0.15, 0.2) is 11.5 Å². The van der Waals surface area contributed by atoms with Crippen LogP contribution in [0.2, 0.25) is 0 Å². The number of ether oxygens (including phenoxy) is 3. The summed E-state index contributed by atoms with van der Waals surface area (Å²) >= 11 is 0. The second-order valence-electron chi connectivity index (χ2n) is 5.42. The zero-order valence-corrected chi connectivity index (χ0v) is 16.3. The van der Waals surface area contributed by atoms with Gasteiger partial charge in [0.25, 0.3) is 0 Å². The molecule has 0 aliphatic carbocycles. The van der Waals surface area contributed by atoms with Crippen molar-refractivity contribution in [1.29, 1.82) is 0 Å². The molecule has 0 spiro atoms. The van der Waals surface area contributed by atoms with E-state index in [4.69, 9.17) is 14.2 Å². The monoisotopic (exact) mass is 384 g/mol. The molecule has 1 heterocycles. The third kappa shape index (κ3) is 4.80. The van der Waals surface area contributed by atoms with E-state index in [2.05, 4.69) is 15.7 Å². The highest BCUT2D eigenvalue weighted by Gasteiger charge is 2.20. The van der Waals surface area contributed by atoms with E-state index < -0.39 is 6.04 Å². The standard InChI is InChI=1S/C17H24N4O4.ClH/c1-18-15(12-9-20-21(2)10-12)17(22)19-8-11-6-13(23-3)16(25-5)14(7-11)24-4;/h6-7,9-10,15,18H,8H2,1-5H3,(H,19,22);1H. The molecule has 0 aliphatic rings. The highest BCUT2D eigenvalue weighted by atomic mass is 35.5. The lowest BCUT2D eigenvalue weighted by Crippen LogP contribution is -2.35. The van der Waals surface area contributed by atoms with Gasteiger partial charge in [-0.25, -0.2) is 0 Å². The molecule has 0 bridgehead atoms. The first-order valence-corrected chi connectivity index (χ1v) is 7.76. The summed E-state index contributed by atoms with van der Waals surface area (Å²) in [6, 6.07) is 3.14. The predicted molar refractivity (Wildman–Crippen MR) is 100 cm³/mol. The summed E-state index contributed by atoms with van der Waals surface area (Å²) in [6.07, 6.45) is 3.47. The van der Waals surface area contributed by atoms with Crippen LogP contribution in [0.4, 0.5) is 0 Å². The number of nitrogens with zero attached hydrogens (tertiary/aromatic N) is 2. The molecule has 1 aromatic heterocycles. The van der Waals surface area contributed by atoms with Crippen LogP contribution in [0.3, 0.4) is 0 Å². The molecule has 9 heteroatoms. The van der Waals surface area contributed by atoms with Crippen molar-refractivity contribution in [2.24, 2.45) is 7.05 Å². The van der Waals surface area contributed by atoms with Crippen LogP contribution in [0.15, 0.2) is 24.5 Å². The number of likely N-dealkylation sites (N-methyl/N-ethyl adjacent to an activating group) is 1. The highest BCUT2D eigenvalue weighted by Crippen LogP contribution is 2.38. The summed E-state index contributed by atoms with van der Waals surface area (Å²) in [5.74, 6) is 1.46. The molecule has 8 nitrogen and oxygen atoms in total. The van der Waals surface area contributed by atoms with E-state index in [-0.39, 0.29) is 18.3 Å². The van der Waals surface area contributed by atoms with E-state index in [1.54, 1.807) is 57.6 Å². The van der Waals surface area contributed by atoms with Gasteiger partial charge >= 0.3 is 0 Å². The maximum Gasteiger partial charge on any atom is 0.242 e. The van der Waals surface area contributed by atoms with Crippen molar-refractivity contribution in [2.45, 2.75) is 12.6 Å². The first-order chi connectivity index (χ1) is 12.0. The third-order valence-corrected chi connectivity index (χ3v) is 3.80. The van der Waals surface area contributed by atoms with Crippen LogP contribution in [0.1, 0.15) is 17.2 Å². The molecule has 1 atom stereocenters. The Morgan fingerprint density at radius 1 is 1.19 bits per heavy atom. The number of hydrogen-bond donors (Lipinski definition) is 2. The van der Waals surface area contributed by atoms with E-state index in [0.29, 0.717) is 23.8 Å². The number of nitrogens with one attached hydrogen (secondary N) is 2. The molecular weight excluding hydrogens is 360 g/mol. The average molecular weight is 385 g/mol. The molecule has 1 amide bonds. The maximum atomic E-state index is 12.5. The number of amides is 1. The smallest absolute Gasteiger partial charge is 0.242 e. The Labute approximate surface area is 159 Å². The zero-order valence-electron chi connectivity index (χ0n) is 15.5. The molecule has 2 aromatic rings. The normalized spacial score (nSPS) is 11.3. The third-order valence-electron chi connectivity index (χ3n) is 3.80. The Bertz CT molecular complexity index is 710. The average Bonchev–Trinajstić information content (AvgIpc) is 3.05. The van der Waals surface area contributed by atoms with Gasteiger partial charge in [-0.2, -0.15) is 5.10 Å². The first kappa shape index (κ1) is 21.6. The quantitative estimate of drug-likeness (QED) is 0.716. The van der Waals surface area contributed by atoms with E-state index in [1.807, 2.05) is 7.05 Å². The van der Waals surface area contributed by atoms with Crippen molar-refractivity contribution in [3.8, 4) is 17.2 Å². The summed E-state index contributed by atoms with van der Waals surface area (Å²) in [7, 11) is 8.20. The molecule has 0 fully saturated rings. The molecule has 1 unspecified atom stereocenters. The Kier molecular flexibility index (Phi) is 8.21. The van der Waals surface area contributed by atoms with Crippen molar-refractivity contribution in [2.75, 3.05) is 28.4 Å². The lowest BCUT2D eigenvalue weighted by molar-refractivity contribution is -0.123. The number of methoxy groups -OCH3 is 3. The summed E-state index contributed by atoms with van der Waals surface area (Å²) in [5, 5.41) is 10.0. The molecule has 26 heavy (non-hydrogen) atoms. The number of carbonyl (C=O) groups is 1. The minimum atomic E-state index is -0.476. The van der Waals surface area contributed by atoms with Gasteiger partial charge in [-0.05, 0) is 24.7 Å². The number of halogens is 1. The summed E-state index contributed by atoms with van der Waals surface area (Å²) in [6.45, 7) is 0.327. The topological polar surface area (TPSA) is 86.6 Å². The Morgan fingerprint density at radius 3 is 2.23 bits per heavy atom. The van der Waals surface area contributed by atoms with Crippen LogP contribution >= 0.6 is 12.4 Å². The van der Waals surface area contributed by atoms with Crippen molar-refractivity contribution >= 4 is 18.3 Å². The van der Waals surface area contributed by atoms with Gasteiger partial charge in [0.2, 0.25) is 11.7 Å². The maximum absolute atomic E-state index is 12.5. The number of hydrogen-bond acceptors (Lipinski definition) is 6. The van der Waals surface area contributed by atoms with Gasteiger partial charge in [0.1, 0.15) is 6.04 Å². The number of aromatic nitrogens is 2. The van der Waals surface area contributed by atoms with Gasteiger partial charge in [0, 0.05) is 25.4 Å². The second-order valence-corrected chi connectivity index (χ2v) is 5.42. The molecule has 0 saturated carbocycles. The van der Waals surface area contributed by atoms with Crippen LogP contribution in [0.5, 0.6) is 17.2 Å². The second kappa shape index (κ2) is 9.88. The zero-order chi connectivity index (χ0) is 18.4. The molecule has 144 valence electrons. The van der Waals surface area contributed by atoms with Gasteiger partial charge < -0.3 is 24.8 Å². The van der Waals surface area contributed by atoms with Crippen molar-refractivity contribution in [3.05, 3.63) is 35.7 Å². The summed E-state index contributed by atoms with van der Waals surface area (Å²) in [4.78, 5) is 12.5. The van der Waals surface area contributed by atoms with Crippen LogP contribution in [0, 0.1) is 0 Å². The Balaban J connectivity index is 0.00000338. The fraction of sp³-hybridized carbons (Fsp3) is 0.412. The predicted octanol–water partition coefficient (Wildman–Crippen LogP) is 1.44.